The summed E-state index contributed by atoms with van der Waals surface area (Å²) in [5.41, 5.74) is -1.92. The number of hydrogen-bond donors (Lipinski definition) is 3. The Bertz CT molecular complexity index is 1830. The number of aromatic nitrogens is 2. The van der Waals surface area contributed by atoms with Crippen molar-refractivity contribution in [1.29, 1.82) is 0 Å². The summed E-state index contributed by atoms with van der Waals surface area (Å²) in [4.78, 5) is 64.5. The van der Waals surface area contributed by atoms with Crippen LogP contribution < -0.4 is 15.4 Å². The summed E-state index contributed by atoms with van der Waals surface area (Å²) in [6.45, 7) is 5.00. The molecule has 3 aromatic rings. The van der Waals surface area contributed by atoms with Crippen LogP contribution in [0.1, 0.15) is 65.7 Å². The zero-order valence-electron chi connectivity index (χ0n) is 27.9. The van der Waals surface area contributed by atoms with Gasteiger partial charge in [-0.25, -0.2) is 28.3 Å². The maximum absolute atomic E-state index is 14.3. The average Bonchev–Trinajstić information content (AvgIpc) is 3.35. The van der Waals surface area contributed by atoms with Crippen molar-refractivity contribution in [2.75, 3.05) is 6.54 Å². The number of carboxylic acid groups (broad SMARTS) is 1. The van der Waals surface area contributed by atoms with Gasteiger partial charge in [-0.2, -0.15) is 0 Å². The van der Waals surface area contributed by atoms with Crippen molar-refractivity contribution in [1.82, 2.24) is 25.5 Å². The molecule has 3 amide bonds. The van der Waals surface area contributed by atoms with Crippen LogP contribution >= 0.6 is 11.3 Å². The molecule has 12 nitrogen and oxygen atoms in total. The third-order valence-electron chi connectivity index (χ3n) is 9.02. The molecule has 2 fully saturated rings. The molecule has 6 rings (SSSR count). The van der Waals surface area contributed by atoms with Gasteiger partial charge in [-0.15, -0.1) is 11.3 Å². The highest BCUT2D eigenvalue weighted by Crippen LogP contribution is 2.45. The summed E-state index contributed by atoms with van der Waals surface area (Å²) in [7, 11) is 0. The van der Waals surface area contributed by atoms with E-state index in [9.17, 15) is 33.1 Å². The number of allylic oxidation sites excluding steroid dienone is 1. The number of nitrogens with one attached hydrogen (secondary N) is 2. The summed E-state index contributed by atoms with van der Waals surface area (Å²) >= 11 is 1.33. The van der Waals surface area contributed by atoms with Crippen LogP contribution in [0.3, 0.4) is 0 Å². The maximum Gasteiger partial charge on any atom is 0.408 e. The minimum absolute atomic E-state index is 0.00983. The molecule has 2 aliphatic heterocycles. The van der Waals surface area contributed by atoms with E-state index < -0.39 is 70.8 Å². The minimum Gasteiger partial charge on any atom is -0.479 e. The van der Waals surface area contributed by atoms with Gasteiger partial charge in [-0.1, -0.05) is 31.1 Å². The number of nitrogens with zero attached hydrogens (tertiary/aromatic N) is 3. The molecule has 0 bridgehead atoms. The van der Waals surface area contributed by atoms with E-state index in [0.29, 0.717) is 17.7 Å². The molecule has 50 heavy (non-hydrogen) atoms. The largest absolute Gasteiger partial charge is 0.479 e. The van der Waals surface area contributed by atoms with E-state index in [2.05, 4.69) is 20.6 Å². The van der Waals surface area contributed by atoms with E-state index in [-0.39, 0.29) is 48.4 Å². The third-order valence-corrected chi connectivity index (χ3v) is 9.90. The van der Waals surface area contributed by atoms with Crippen LogP contribution in [0, 0.1) is 17.6 Å². The molecule has 4 heterocycles. The number of benzene rings is 1. The molecule has 2 aromatic heterocycles. The van der Waals surface area contributed by atoms with E-state index in [1.165, 1.54) is 16.2 Å². The lowest BCUT2D eigenvalue weighted by Crippen LogP contribution is -2.56. The highest BCUT2D eigenvalue weighted by Gasteiger charge is 2.61. The number of amides is 3. The van der Waals surface area contributed by atoms with Crippen LogP contribution in [0.2, 0.25) is 0 Å². The molecule has 5 atom stereocenters. The van der Waals surface area contributed by atoms with Gasteiger partial charge >= 0.3 is 12.1 Å². The van der Waals surface area contributed by atoms with Gasteiger partial charge < -0.3 is 30.1 Å². The smallest absolute Gasteiger partial charge is 0.408 e. The zero-order chi connectivity index (χ0) is 35.8. The van der Waals surface area contributed by atoms with Gasteiger partial charge in [0.05, 0.1) is 22.5 Å². The number of halogens is 2. The summed E-state index contributed by atoms with van der Waals surface area (Å²) in [5.74, 6) is -5.00. The monoisotopic (exact) mass is 711 g/mol. The molecular weight excluding hydrogens is 672 g/mol. The van der Waals surface area contributed by atoms with Crippen molar-refractivity contribution in [3.63, 3.8) is 0 Å². The van der Waals surface area contributed by atoms with Crippen LogP contribution in [-0.2, 0) is 19.1 Å². The first-order valence-electron chi connectivity index (χ1n) is 16.6. The fraction of sp³-hybridized carbons (Fsp3) is 0.486. The fourth-order valence-electron chi connectivity index (χ4n) is 6.45. The number of carbonyl (C=O) groups excluding carboxylic acids is 3. The number of thiophene rings is 1. The quantitative estimate of drug-likeness (QED) is 0.296. The Labute approximate surface area is 291 Å². The zero-order valence-corrected chi connectivity index (χ0v) is 28.7. The van der Waals surface area contributed by atoms with Crippen LogP contribution in [0.4, 0.5) is 13.6 Å². The van der Waals surface area contributed by atoms with Gasteiger partial charge in [0.1, 0.15) is 35.0 Å². The second-order valence-corrected chi connectivity index (χ2v) is 14.9. The first kappa shape index (κ1) is 35.2. The van der Waals surface area contributed by atoms with Crippen LogP contribution in [0.5, 0.6) is 5.88 Å². The molecule has 0 spiro atoms. The van der Waals surface area contributed by atoms with E-state index in [1.54, 1.807) is 32.9 Å². The van der Waals surface area contributed by atoms with Crippen molar-refractivity contribution >= 4 is 46.2 Å². The van der Waals surface area contributed by atoms with Gasteiger partial charge in [0.25, 0.3) is 0 Å². The topological polar surface area (TPSA) is 160 Å². The average molecular weight is 712 g/mol. The van der Waals surface area contributed by atoms with Gasteiger partial charge in [0, 0.05) is 24.5 Å². The first-order valence-corrected chi connectivity index (χ1v) is 17.5. The predicted molar refractivity (Wildman–Crippen MR) is 179 cm³/mol. The molecule has 266 valence electrons. The second kappa shape index (κ2) is 13.9. The van der Waals surface area contributed by atoms with Crippen molar-refractivity contribution in [2.45, 2.75) is 95.0 Å². The van der Waals surface area contributed by atoms with Crippen molar-refractivity contribution in [3.8, 4) is 16.5 Å². The summed E-state index contributed by atoms with van der Waals surface area (Å²) in [6, 6.07) is 3.21. The Balaban J connectivity index is 1.34. The minimum atomic E-state index is -1.51. The molecule has 1 aliphatic carbocycles. The van der Waals surface area contributed by atoms with Crippen molar-refractivity contribution < 1.29 is 42.5 Å². The van der Waals surface area contributed by atoms with Crippen molar-refractivity contribution in [3.05, 3.63) is 53.4 Å². The number of rotatable bonds is 5. The fourth-order valence-corrected chi connectivity index (χ4v) is 7.15. The lowest BCUT2D eigenvalue weighted by Gasteiger charge is -2.30. The Morgan fingerprint density at radius 3 is 2.54 bits per heavy atom. The van der Waals surface area contributed by atoms with Crippen LogP contribution in [-0.4, -0.2) is 79.7 Å². The maximum atomic E-state index is 14.3. The Morgan fingerprint density at radius 1 is 1.12 bits per heavy atom. The molecule has 1 aromatic carbocycles. The number of carbonyl (C=O) groups is 4. The number of fused-ring (bicyclic) bond motifs is 3. The number of hydrogen-bond acceptors (Lipinski definition) is 9. The lowest BCUT2D eigenvalue weighted by molar-refractivity contribution is -0.145. The molecule has 1 saturated carbocycles. The standard InChI is InChI=1S/C35H39F2N5O7S/c1-34(2,3)49-33(47)40-23-11-8-6-4-5-7-10-19-17-35(19,32(45)46)41-29(43)26-14-20(18-42(26)31(23)44)48-30-28(27-12-9-13-50-27)38-24-15-21(36)22(37)16-25(24)39-30/h7,9-10,12-13,15-16,19-20,23,26H,4-6,8,11,14,17-18H2,1-3H3,(H,40,47)(H,41,43)(H,45,46)/b10-7-/t19-,20?,23+,26+,35-/m1/s1. The molecule has 1 unspecified atom stereocenters. The molecule has 0 radical (unpaired) electrons. The number of alkyl carbamates (subject to hydrolysis) is 1. The Hall–Kier alpha value is -4.66. The molecule has 15 heteroatoms. The van der Waals surface area contributed by atoms with Gasteiger partial charge in [0.2, 0.25) is 17.7 Å². The molecule has 3 aliphatic rings. The van der Waals surface area contributed by atoms with E-state index >= 15 is 0 Å². The number of ether oxygens (including phenoxy) is 2. The molecule has 3 N–H and O–H groups in total. The predicted octanol–water partition coefficient (Wildman–Crippen LogP) is 5.36. The van der Waals surface area contributed by atoms with Crippen molar-refractivity contribution in [2.24, 2.45) is 5.92 Å². The van der Waals surface area contributed by atoms with Crippen LogP contribution in [0.25, 0.3) is 21.6 Å². The third kappa shape index (κ3) is 7.57. The highest BCUT2D eigenvalue weighted by molar-refractivity contribution is 7.13. The summed E-state index contributed by atoms with van der Waals surface area (Å²) in [6.07, 6.45) is 5.40. The SMILES string of the molecule is CC(C)(C)OC(=O)N[C@H]1CCCCC/C=C\[C@@H]2C[C@@]2(C(=O)O)NC(=O)[C@@H]2CC(Oc3nc4cc(F)c(F)cc4nc3-c3cccs3)CN2C1=O. The molecular formula is C35H39F2N5O7S. The second-order valence-electron chi connectivity index (χ2n) is 13.9. The van der Waals surface area contributed by atoms with E-state index in [0.717, 1.165) is 25.0 Å². The van der Waals surface area contributed by atoms with Gasteiger partial charge in [0.15, 0.2) is 11.6 Å². The summed E-state index contributed by atoms with van der Waals surface area (Å²) in [5, 5.41) is 17.4. The Kier molecular flexibility index (Phi) is 9.80. The first-order chi connectivity index (χ1) is 23.7. The summed E-state index contributed by atoms with van der Waals surface area (Å²) < 4.78 is 40.1. The number of carboxylic acids is 1. The number of aliphatic carboxylic acids is 1. The Morgan fingerprint density at radius 2 is 1.86 bits per heavy atom. The highest BCUT2D eigenvalue weighted by atomic mass is 32.1. The van der Waals surface area contributed by atoms with E-state index in [1.807, 2.05) is 17.5 Å². The normalized spacial score (nSPS) is 26.5. The van der Waals surface area contributed by atoms with Gasteiger partial charge in [-0.3, -0.25) is 9.59 Å². The lowest BCUT2D eigenvalue weighted by atomic mass is 10.0. The van der Waals surface area contributed by atoms with Gasteiger partial charge in [-0.05, 0) is 57.9 Å². The van der Waals surface area contributed by atoms with Crippen LogP contribution in [0.15, 0.2) is 41.8 Å². The van der Waals surface area contributed by atoms with E-state index in [4.69, 9.17) is 9.47 Å². The molecule has 1 saturated heterocycles.